The molecule has 0 aromatic heterocycles. The second-order valence-corrected chi connectivity index (χ2v) is 23.3. The fourth-order valence-corrected chi connectivity index (χ4v) is 11.4. The Morgan fingerprint density at radius 3 is 0.713 bits per heavy atom. The zero-order valence-electron chi connectivity index (χ0n) is 54.3. The molecule has 8 amide bonds. The van der Waals surface area contributed by atoms with E-state index in [0.717, 1.165) is 5.56 Å². The Morgan fingerprint density at radius 1 is 0.287 bits per heavy atom. The molecule has 0 bridgehead atoms. The summed E-state index contributed by atoms with van der Waals surface area (Å²) in [5.74, 6) is -4.69. The van der Waals surface area contributed by atoms with Crippen molar-refractivity contribution in [1.82, 2.24) is 29.4 Å². The van der Waals surface area contributed by atoms with Crippen LogP contribution in [0.2, 0.25) is 0 Å². The summed E-state index contributed by atoms with van der Waals surface area (Å²) in [7, 11) is 0. The van der Waals surface area contributed by atoms with E-state index >= 15 is 24.0 Å². The van der Waals surface area contributed by atoms with Crippen LogP contribution in [-0.4, -0.2) is 122 Å². The van der Waals surface area contributed by atoms with Crippen LogP contribution in [0.25, 0.3) is 0 Å². The van der Waals surface area contributed by atoms with Crippen molar-refractivity contribution in [3.05, 3.63) is 270 Å². The molecule has 0 aliphatic rings. The molecule has 0 aliphatic carbocycles. The first-order chi connectivity index (χ1) is 45.3. The number of primary amides is 1. The Balaban J connectivity index is 1.13. The van der Waals surface area contributed by atoms with Gasteiger partial charge in [0, 0.05) is 12.6 Å². The van der Waals surface area contributed by atoms with Crippen LogP contribution in [0.4, 0.5) is 17.1 Å². The van der Waals surface area contributed by atoms with E-state index in [0.29, 0.717) is 44.9 Å². The van der Waals surface area contributed by atoms with Gasteiger partial charge in [0.1, 0.15) is 39.3 Å². The number of nitrogens with two attached hydrogens (primary N) is 1. The highest BCUT2D eigenvalue weighted by Gasteiger charge is 2.37. The number of carbonyl (C=O) groups excluding carboxylic acids is 8. The van der Waals surface area contributed by atoms with Crippen molar-refractivity contribution in [2.45, 2.75) is 84.7 Å². The molecule has 0 saturated carbocycles. The third kappa shape index (κ3) is 18.4. The van der Waals surface area contributed by atoms with Crippen LogP contribution in [0.3, 0.4) is 0 Å². The minimum Gasteiger partial charge on any atom is -0.368 e. The molecule has 0 fully saturated rings. The fourth-order valence-electron chi connectivity index (χ4n) is 11.4. The van der Waals surface area contributed by atoms with E-state index in [-0.39, 0.29) is 0 Å². The molecule has 94 heavy (non-hydrogen) atoms. The maximum absolute atomic E-state index is 15.8. The van der Waals surface area contributed by atoms with Crippen molar-refractivity contribution in [2.75, 3.05) is 50.7 Å². The molecule has 18 heteroatoms. The third-order valence-electron chi connectivity index (χ3n) is 17.1. The van der Waals surface area contributed by atoms with Crippen molar-refractivity contribution >= 4 is 64.3 Å². The number of benzene rings is 8. The molecule has 8 aromatic rings. The molecule has 2 N–H and O–H groups in total. The van der Waals surface area contributed by atoms with Gasteiger partial charge >= 0.3 is 0 Å². The van der Waals surface area contributed by atoms with Gasteiger partial charge in [0.05, 0.1) is 54.2 Å². The quantitative estimate of drug-likeness (QED) is 0.0445. The standard InChI is InChI=1S/C76H82N10O8/c1-54(61-29-15-8-16-30-61)80(47-70(77)88)71(89)48-81(55(2)62-31-17-9-18-32-62)72(90)49-82(56(3)63-33-19-10-20-34-63)73(91)50-83(57(4)64-35-21-11-22-36-64)74(92)51-84(58(5)65-37-23-12-24-38-65)75(93)52-85(59(6)66-39-25-13-26-40-66)76(94)53-86(60(7)87)69-45-43-68(44-46-69)79-78-67-41-27-14-28-42-67/h8-46,54-59H,47-53H2,1-7H3,(H2,77,88)/t54-,55-,56-,57-,58-,59-/m0/s1. The van der Waals surface area contributed by atoms with Gasteiger partial charge in [-0.25, -0.2) is 0 Å². The lowest BCUT2D eigenvalue weighted by atomic mass is 10.0. The number of carbonyl (C=O) groups is 8. The lowest BCUT2D eigenvalue weighted by Crippen LogP contribution is -2.53. The van der Waals surface area contributed by atoms with Crippen molar-refractivity contribution < 1.29 is 38.4 Å². The largest absolute Gasteiger partial charge is 0.368 e. The van der Waals surface area contributed by atoms with Gasteiger partial charge in [-0.05, 0) is 111 Å². The number of amides is 8. The molecule has 8 rings (SSSR count). The van der Waals surface area contributed by atoms with Crippen molar-refractivity contribution in [3.63, 3.8) is 0 Å². The van der Waals surface area contributed by atoms with Gasteiger partial charge in [0.25, 0.3) is 0 Å². The first kappa shape index (κ1) is 69.0. The highest BCUT2D eigenvalue weighted by molar-refractivity contribution is 5.99. The van der Waals surface area contributed by atoms with E-state index in [2.05, 4.69) is 10.2 Å². The summed E-state index contributed by atoms with van der Waals surface area (Å²) in [6.45, 7) is 8.56. The Hall–Kier alpha value is -10.9. The van der Waals surface area contributed by atoms with Crippen LogP contribution in [0.5, 0.6) is 0 Å². The number of hydrogen-bond donors (Lipinski definition) is 1. The molecular formula is C76H82N10O8. The van der Waals surface area contributed by atoms with Crippen LogP contribution in [0, 0.1) is 0 Å². The molecule has 0 aliphatic heterocycles. The molecular weight excluding hydrogens is 1180 g/mol. The minimum absolute atomic E-state index is 0.415. The Kier molecular flexibility index (Phi) is 24.6. The summed E-state index contributed by atoms with van der Waals surface area (Å²) in [5, 5.41) is 8.63. The van der Waals surface area contributed by atoms with Crippen LogP contribution >= 0.6 is 0 Å². The third-order valence-corrected chi connectivity index (χ3v) is 17.1. The number of azo groups is 1. The SMILES string of the molecule is CC(=O)N(CC(=O)N(CC(=O)N(CC(=O)N(CC(=O)N(CC(=O)N(CC(=O)N(CC(N)=O)[C@@H](C)c1ccccc1)[C@@H](C)c1ccccc1)[C@@H](C)c1ccccc1)[C@@H](C)c1ccccc1)[C@@H](C)c1ccccc1)[C@@H](C)c1ccccc1)c1ccc(N=Nc2ccccc2)cc1. The Morgan fingerprint density at radius 2 is 0.489 bits per heavy atom. The maximum atomic E-state index is 15.8. The van der Waals surface area contributed by atoms with Gasteiger partial charge in [0.15, 0.2) is 0 Å². The first-order valence-electron chi connectivity index (χ1n) is 31.5. The van der Waals surface area contributed by atoms with E-state index in [1.807, 2.05) is 212 Å². The summed E-state index contributed by atoms with van der Waals surface area (Å²) in [5.41, 5.74) is 11.6. The van der Waals surface area contributed by atoms with Gasteiger partial charge in [0.2, 0.25) is 47.3 Å². The van der Waals surface area contributed by atoms with Crippen LogP contribution < -0.4 is 10.6 Å². The zero-order valence-corrected chi connectivity index (χ0v) is 54.3. The van der Waals surface area contributed by atoms with Crippen LogP contribution in [0.15, 0.2) is 247 Å². The van der Waals surface area contributed by atoms with Gasteiger partial charge in [-0.15, -0.1) is 0 Å². The number of anilines is 1. The van der Waals surface area contributed by atoms with Crippen molar-refractivity contribution in [2.24, 2.45) is 16.0 Å². The normalized spacial score (nSPS) is 13.0. The highest BCUT2D eigenvalue weighted by atomic mass is 16.2. The number of hydrogen-bond acceptors (Lipinski definition) is 10. The molecule has 0 spiro atoms. The summed E-state index contributed by atoms with van der Waals surface area (Å²) in [6, 6.07) is 66.6. The van der Waals surface area contributed by atoms with E-state index in [1.165, 1.54) is 41.2 Å². The molecule has 6 atom stereocenters. The fraction of sp³-hybridized carbons (Fsp3) is 0.263. The van der Waals surface area contributed by atoms with Gasteiger partial charge in [-0.3, -0.25) is 38.4 Å². The number of rotatable bonds is 29. The molecule has 0 heterocycles. The minimum atomic E-state index is -0.781. The number of nitrogens with zero attached hydrogens (tertiary/aromatic N) is 9. The van der Waals surface area contributed by atoms with Crippen molar-refractivity contribution in [3.8, 4) is 0 Å². The van der Waals surface area contributed by atoms with Crippen molar-refractivity contribution in [1.29, 1.82) is 0 Å². The van der Waals surface area contributed by atoms with Gasteiger partial charge < -0.3 is 40.0 Å². The maximum Gasteiger partial charge on any atom is 0.243 e. The Labute approximate surface area is 550 Å². The smallest absolute Gasteiger partial charge is 0.243 e. The van der Waals surface area contributed by atoms with E-state index in [4.69, 9.17) is 5.73 Å². The topological polar surface area (TPSA) is 210 Å². The lowest BCUT2D eigenvalue weighted by molar-refractivity contribution is -0.152. The summed E-state index contributed by atoms with van der Waals surface area (Å²) < 4.78 is 0. The highest BCUT2D eigenvalue weighted by Crippen LogP contribution is 2.31. The molecule has 8 aromatic carbocycles. The summed E-state index contributed by atoms with van der Waals surface area (Å²) in [6.07, 6.45) is 0. The monoisotopic (exact) mass is 1260 g/mol. The second-order valence-electron chi connectivity index (χ2n) is 23.3. The molecule has 0 unspecified atom stereocenters. The van der Waals surface area contributed by atoms with E-state index < -0.39 is 129 Å². The second kappa shape index (κ2) is 33.4. The van der Waals surface area contributed by atoms with Crippen LogP contribution in [0.1, 0.15) is 118 Å². The molecule has 18 nitrogen and oxygen atoms in total. The molecule has 0 saturated heterocycles. The first-order valence-corrected chi connectivity index (χ1v) is 31.5. The lowest BCUT2D eigenvalue weighted by Gasteiger charge is -2.39. The predicted octanol–water partition coefficient (Wildman–Crippen LogP) is 12.5. The predicted molar refractivity (Wildman–Crippen MR) is 364 cm³/mol. The zero-order chi connectivity index (χ0) is 67.3. The summed E-state index contributed by atoms with van der Waals surface area (Å²) >= 11 is 0. The summed E-state index contributed by atoms with van der Waals surface area (Å²) in [4.78, 5) is 128. The average Bonchev–Trinajstić information content (AvgIpc) is 0.834. The molecule has 0 radical (unpaired) electrons. The van der Waals surface area contributed by atoms with E-state index in [9.17, 15) is 14.4 Å². The Bertz CT molecular complexity index is 3830. The van der Waals surface area contributed by atoms with Gasteiger partial charge in [-0.2, -0.15) is 10.2 Å². The van der Waals surface area contributed by atoms with Crippen LogP contribution in [-0.2, 0) is 38.4 Å². The van der Waals surface area contributed by atoms with Gasteiger partial charge in [-0.1, -0.05) is 200 Å². The van der Waals surface area contributed by atoms with E-state index in [1.54, 1.807) is 65.8 Å². The molecule has 484 valence electrons. The average molecular weight is 1260 g/mol.